The van der Waals surface area contributed by atoms with E-state index in [0.717, 1.165) is 0 Å². The number of ether oxygens (including phenoxy) is 1. The summed E-state index contributed by atoms with van der Waals surface area (Å²) in [6.07, 6.45) is 0.670. The Morgan fingerprint density at radius 3 is 2.62 bits per heavy atom. The lowest BCUT2D eigenvalue weighted by atomic mass is 10.0. The topological polar surface area (TPSA) is 98.1 Å². The van der Waals surface area contributed by atoms with Gasteiger partial charge < -0.3 is 19.9 Å². The van der Waals surface area contributed by atoms with E-state index in [0.29, 0.717) is 45.3 Å². The lowest BCUT2D eigenvalue weighted by Crippen LogP contribution is -2.31. The molecule has 3 aromatic rings. The van der Waals surface area contributed by atoms with Crippen LogP contribution in [0.5, 0.6) is 5.75 Å². The Bertz CT molecular complexity index is 1150. The van der Waals surface area contributed by atoms with E-state index in [1.165, 1.54) is 11.8 Å². The van der Waals surface area contributed by atoms with Gasteiger partial charge in [-0.3, -0.25) is 9.59 Å². The van der Waals surface area contributed by atoms with E-state index in [1.807, 2.05) is 23.7 Å². The highest BCUT2D eigenvalue weighted by Crippen LogP contribution is 2.25. The molecule has 2 aromatic carbocycles. The lowest BCUT2D eigenvalue weighted by Gasteiger charge is -2.20. The van der Waals surface area contributed by atoms with Crippen LogP contribution in [-0.2, 0) is 11.8 Å². The van der Waals surface area contributed by atoms with Crippen LogP contribution in [0.1, 0.15) is 42.5 Å². The summed E-state index contributed by atoms with van der Waals surface area (Å²) in [5.74, 6) is 1.30. The Morgan fingerprint density at radius 1 is 1.15 bits per heavy atom. The zero-order chi connectivity index (χ0) is 24.7. The van der Waals surface area contributed by atoms with E-state index in [1.54, 1.807) is 43.5 Å². The van der Waals surface area contributed by atoms with Gasteiger partial charge in [0.2, 0.25) is 5.91 Å². The first-order chi connectivity index (χ1) is 16.3. The highest BCUT2D eigenvalue weighted by molar-refractivity contribution is 7.99. The molecule has 0 bridgehead atoms. The zero-order valence-corrected chi connectivity index (χ0v) is 21.1. The van der Waals surface area contributed by atoms with E-state index in [-0.39, 0.29) is 23.6 Å². The fourth-order valence-electron chi connectivity index (χ4n) is 3.36. The number of thioether (sulfide) groups is 1. The summed E-state index contributed by atoms with van der Waals surface area (Å²) in [5.41, 5.74) is 1.06. The third-order valence-corrected chi connectivity index (χ3v) is 6.35. The van der Waals surface area contributed by atoms with Crippen molar-refractivity contribution in [2.75, 3.05) is 18.2 Å². The number of nitrogens with zero attached hydrogens (tertiary/aromatic N) is 3. The Hall–Kier alpha value is -3.04. The molecular formula is C24H28ClN5O3S. The molecule has 0 saturated carbocycles. The van der Waals surface area contributed by atoms with Crippen molar-refractivity contribution in [3.63, 3.8) is 0 Å². The van der Waals surface area contributed by atoms with Crippen LogP contribution in [0.2, 0.25) is 5.02 Å². The van der Waals surface area contributed by atoms with Gasteiger partial charge in [0.05, 0.1) is 29.5 Å². The second-order valence-electron chi connectivity index (χ2n) is 8.10. The van der Waals surface area contributed by atoms with E-state index in [4.69, 9.17) is 16.3 Å². The van der Waals surface area contributed by atoms with Gasteiger partial charge in [-0.15, -0.1) is 10.2 Å². The molecule has 10 heteroatoms. The van der Waals surface area contributed by atoms with Crippen LogP contribution in [0, 0.1) is 5.92 Å². The minimum atomic E-state index is -0.360. The first-order valence-corrected chi connectivity index (χ1v) is 12.2. The number of amides is 2. The molecule has 8 nitrogen and oxygen atoms in total. The van der Waals surface area contributed by atoms with Crippen LogP contribution >= 0.6 is 23.4 Å². The average Bonchev–Trinajstić information content (AvgIpc) is 3.17. The number of hydrogen-bond acceptors (Lipinski definition) is 6. The third-order valence-electron chi connectivity index (χ3n) is 5.00. The van der Waals surface area contributed by atoms with Crippen LogP contribution in [0.25, 0.3) is 0 Å². The first kappa shape index (κ1) is 25.6. The highest BCUT2D eigenvalue weighted by Gasteiger charge is 2.24. The largest absolute Gasteiger partial charge is 0.497 e. The monoisotopic (exact) mass is 501 g/mol. The molecule has 34 heavy (non-hydrogen) atoms. The van der Waals surface area contributed by atoms with Crippen LogP contribution in [0.3, 0.4) is 0 Å². The molecule has 0 aliphatic carbocycles. The molecule has 0 fully saturated rings. The summed E-state index contributed by atoms with van der Waals surface area (Å²) in [5, 5.41) is 15.4. The third kappa shape index (κ3) is 6.74. The van der Waals surface area contributed by atoms with Gasteiger partial charge in [0.1, 0.15) is 5.75 Å². The molecule has 1 atom stereocenters. The Labute approximate surface area is 208 Å². The van der Waals surface area contributed by atoms with Gasteiger partial charge in [0.25, 0.3) is 5.91 Å². The number of anilines is 1. The number of hydrogen-bond donors (Lipinski definition) is 2. The summed E-state index contributed by atoms with van der Waals surface area (Å²) in [4.78, 5) is 25.3. The quantitative estimate of drug-likeness (QED) is 0.390. The summed E-state index contributed by atoms with van der Waals surface area (Å²) in [7, 11) is 3.40. The Kier molecular flexibility index (Phi) is 8.95. The molecular weight excluding hydrogens is 474 g/mol. The molecule has 0 aliphatic rings. The van der Waals surface area contributed by atoms with Gasteiger partial charge in [-0.05, 0) is 36.6 Å². The van der Waals surface area contributed by atoms with Gasteiger partial charge in [-0.25, -0.2) is 0 Å². The minimum Gasteiger partial charge on any atom is -0.497 e. The van der Waals surface area contributed by atoms with Crippen molar-refractivity contribution >= 4 is 40.9 Å². The van der Waals surface area contributed by atoms with Crippen molar-refractivity contribution in [1.82, 2.24) is 20.1 Å². The molecule has 1 aromatic heterocycles. The second kappa shape index (κ2) is 11.9. The number of rotatable bonds is 10. The van der Waals surface area contributed by atoms with Gasteiger partial charge in [-0.2, -0.15) is 0 Å². The fourth-order valence-corrected chi connectivity index (χ4v) is 4.30. The predicted octanol–water partition coefficient (Wildman–Crippen LogP) is 4.73. The fraction of sp³-hybridized carbons (Fsp3) is 0.333. The van der Waals surface area contributed by atoms with Crippen LogP contribution in [0.4, 0.5) is 5.69 Å². The number of aromatic nitrogens is 3. The molecule has 180 valence electrons. The maximum Gasteiger partial charge on any atom is 0.253 e. The van der Waals surface area contributed by atoms with Gasteiger partial charge in [0.15, 0.2) is 11.0 Å². The molecule has 0 aliphatic heterocycles. The standard InChI is InChI=1S/C24H28ClN5O3S/c1-15(2)12-20(27-23(32)18-10-5-6-11-19(18)25)22-28-29-24(30(22)3)34-14-21(31)26-16-8-7-9-17(13-16)33-4/h5-11,13,15,20H,12,14H2,1-4H3,(H,26,31)(H,27,32)/t20-/m1/s1. The maximum atomic E-state index is 12.9. The van der Waals surface area contributed by atoms with Crippen molar-refractivity contribution in [3.05, 3.63) is 64.9 Å². The molecule has 0 saturated heterocycles. The molecule has 0 unspecified atom stereocenters. The van der Waals surface area contributed by atoms with Gasteiger partial charge in [-0.1, -0.05) is 55.4 Å². The Morgan fingerprint density at radius 2 is 1.91 bits per heavy atom. The first-order valence-electron chi connectivity index (χ1n) is 10.8. The van der Waals surface area contributed by atoms with Crippen LogP contribution < -0.4 is 15.4 Å². The highest BCUT2D eigenvalue weighted by atomic mass is 35.5. The van der Waals surface area contributed by atoms with Crippen molar-refractivity contribution in [2.45, 2.75) is 31.5 Å². The average molecular weight is 502 g/mol. The van der Waals surface area contributed by atoms with Crippen molar-refractivity contribution in [3.8, 4) is 5.75 Å². The molecule has 1 heterocycles. The molecule has 3 rings (SSSR count). The molecule has 0 radical (unpaired) electrons. The molecule has 2 N–H and O–H groups in total. The van der Waals surface area contributed by atoms with Gasteiger partial charge >= 0.3 is 0 Å². The number of methoxy groups -OCH3 is 1. The van der Waals surface area contributed by atoms with Gasteiger partial charge in [0, 0.05) is 18.8 Å². The minimum absolute atomic E-state index is 0.157. The summed E-state index contributed by atoms with van der Waals surface area (Å²) in [6.45, 7) is 4.15. The van der Waals surface area contributed by atoms with Crippen LogP contribution in [-0.4, -0.2) is 39.4 Å². The van der Waals surface area contributed by atoms with E-state index >= 15 is 0 Å². The summed E-state index contributed by atoms with van der Waals surface area (Å²) in [6, 6.07) is 13.7. The molecule has 0 spiro atoms. The smallest absolute Gasteiger partial charge is 0.253 e. The number of carbonyl (C=O) groups is 2. The number of carbonyl (C=O) groups excluding carboxylic acids is 2. The number of nitrogens with one attached hydrogen (secondary N) is 2. The van der Waals surface area contributed by atoms with Crippen molar-refractivity contribution in [1.29, 1.82) is 0 Å². The predicted molar refractivity (Wildman–Crippen MR) is 134 cm³/mol. The normalized spacial score (nSPS) is 11.8. The lowest BCUT2D eigenvalue weighted by molar-refractivity contribution is -0.113. The maximum absolute atomic E-state index is 12.9. The SMILES string of the molecule is COc1cccc(NC(=O)CSc2nnc([C@@H](CC(C)C)NC(=O)c3ccccc3Cl)n2C)c1. The summed E-state index contributed by atoms with van der Waals surface area (Å²) < 4.78 is 6.99. The van der Waals surface area contributed by atoms with Crippen LogP contribution in [0.15, 0.2) is 53.7 Å². The van der Waals surface area contributed by atoms with Crippen molar-refractivity contribution in [2.24, 2.45) is 13.0 Å². The van der Waals surface area contributed by atoms with Crippen molar-refractivity contribution < 1.29 is 14.3 Å². The molecule has 2 amide bonds. The zero-order valence-electron chi connectivity index (χ0n) is 19.5. The summed E-state index contributed by atoms with van der Waals surface area (Å²) >= 11 is 7.46. The van der Waals surface area contributed by atoms with E-state index in [9.17, 15) is 9.59 Å². The number of halogens is 1. The van der Waals surface area contributed by atoms with E-state index in [2.05, 4.69) is 34.7 Å². The number of benzene rings is 2. The van der Waals surface area contributed by atoms with E-state index < -0.39 is 0 Å². The second-order valence-corrected chi connectivity index (χ2v) is 9.45. The Balaban J connectivity index is 1.68.